The third-order valence-corrected chi connectivity index (χ3v) is 5.79. The van der Waals surface area contributed by atoms with Crippen LogP contribution >= 0.6 is 15.9 Å². The van der Waals surface area contributed by atoms with Gasteiger partial charge in [-0.3, -0.25) is 4.79 Å². The minimum Gasteiger partial charge on any atom is -0.341 e. The fourth-order valence-electron chi connectivity index (χ4n) is 2.46. The van der Waals surface area contributed by atoms with E-state index in [0.717, 1.165) is 15.4 Å². The van der Waals surface area contributed by atoms with E-state index in [1.54, 1.807) is 24.3 Å². The van der Waals surface area contributed by atoms with Crippen molar-refractivity contribution in [2.75, 3.05) is 12.8 Å². The number of sulfone groups is 1. The standard InChI is InChI=1S/C18H17BrF3NO3S/c1-23(10-14-4-2-3-5-16(14)18(20,21)22)17(24)12-27(25,26)11-13-6-8-15(19)9-7-13/h2-9H,10-12H2,1H3. The highest BCUT2D eigenvalue weighted by Crippen LogP contribution is 2.32. The Hall–Kier alpha value is -1.87. The van der Waals surface area contributed by atoms with Gasteiger partial charge in [-0.25, -0.2) is 8.42 Å². The fourth-order valence-corrected chi connectivity index (χ4v) is 4.13. The van der Waals surface area contributed by atoms with E-state index in [1.165, 1.54) is 25.2 Å². The average Bonchev–Trinajstić information content (AvgIpc) is 2.55. The van der Waals surface area contributed by atoms with Gasteiger partial charge < -0.3 is 4.90 Å². The molecule has 4 nitrogen and oxygen atoms in total. The molecule has 2 rings (SSSR count). The Morgan fingerprint density at radius 3 is 2.26 bits per heavy atom. The Morgan fingerprint density at radius 2 is 1.67 bits per heavy atom. The smallest absolute Gasteiger partial charge is 0.341 e. The zero-order chi connectivity index (χ0) is 20.2. The van der Waals surface area contributed by atoms with Crippen molar-refractivity contribution in [3.8, 4) is 0 Å². The van der Waals surface area contributed by atoms with Gasteiger partial charge in [-0.2, -0.15) is 13.2 Å². The van der Waals surface area contributed by atoms with Gasteiger partial charge in [0.25, 0.3) is 0 Å². The minimum absolute atomic E-state index is 0.0915. The normalized spacial score (nSPS) is 12.0. The van der Waals surface area contributed by atoms with Crippen molar-refractivity contribution in [1.29, 1.82) is 0 Å². The number of nitrogens with zero attached hydrogens (tertiary/aromatic N) is 1. The van der Waals surface area contributed by atoms with Crippen LogP contribution in [0.15, 0.2) is 53.0 Å². The third kappa shape index (κ3) is 6.35. The van der Waals surface area contributed by atoms with Crippen LogP contribution in [-0.4, -0.2) is 32.0 Å². The Labute approximate surface area is 164 Å². The summed E-state index contributed by atoms with van der Waals surface area (Å²) in [5.41, 5.74) is -0.412. The predicted octanol–water partition coefficient (Wildman–Crippen LogP) is 4.04. The molecule has 0 heterocycles. The Kier molecular flexibility index (Phi) is 6.69. The van der Waals surface area contributed by atoms with Crippen molar-refractivity contribution < 1.29 is 26.4 Å². The lowest BCUT2D eigenvalue weighted by molar-refractivity contribution is -0.139. The number of alkyl halides is 3. The third-order valence-electron chi connectivity index (χ3n) is 3.80. The molecule has 0 aromatic heterocycles. The Bertz CT molecular complexity index is 912. The van der Waals surface area contributed by atoms with Gasteiger partial charge in [-0.1, -0.05) is 46.3 Å². The van der Waals surface area contributed by atoms with Gasteiger partial charge in [0.05, 0.1) is 11.3 Å². The van der Waals surface area contributed by atoms with Gasteiger partial charge in [0.15, 0.2) is 9.84 Å². The van der Waals surface area contributed by atoms with Crippen LogP contribution in [0.25, 0.3) is 0 Å². The molecule has 0 atom stereocenters. The number of halogens is 4. The van der Waals surface area contributed by atoms with Gasteiger partial charge >= 0.3 is 6.18 Å². The predicted molar refractivity (Wildman–Crippen MR) is 99.6 cm³/mol. The summed E-state index contributed by atoms with van der Waals surface area (Å²) < 4.78 is 64.4. The quantitative estimate of drug-likeness (QED) is 0.649. The summed E-state index contributed by atoms with van der Waals surface area (Å²) in [5.74, 6) is -1.85. The molecule has 0 aliphatic heterocycles. The molecule has 0 aliphatic carbocycles. The SMILES string of the molecule is CN(Cc1ccccc1C(F)(F)F)C(=O)CS(=O)(=O)Cc1ccc(Br)cc1. The first-order valence-electron chi connectivity index (χ1n) is 7.82. The van der Waals surface area contributed by atoms with E-state index in [-0.39, 0.29) is 17.9 Å². The van der Waals surface area contributed by atoms with E-state index in [9.17, 15) is 26.4 Å². The first-order chi connectivity index (χ1) is 12.5. The summed E-state index contributed by atoms with van der Waals surface area (Å²) in [7, 11) is -2.47. The highest BCUT2D eigenvalue weighted by atomic mass is 79.9. The summed E-state index contributed by atoms with van der Waals surface area (Å²) in [6.45, 7) is -0.331. The van der Waals surface area contributed by atoms with Gasteiger partial charge in [-0.15, -0.1) is 0 Å². The summed E-state index contributed by atoms with van der Waals surface area (Å²) in [6, 6.07) is 11.5. The number of carbonyl (C=O) groups is 1. The molecule has 0 bridgehead atoms. The van der Waals surface area contributed by atoms with Crippen molar-refractivity contribution in [3.63, 3.8) is 0 Å². The van der Waals surface area contributed by atoms with Crippen LogP contribution in [0.1, 0.15) is 16.7 Å². The molecule has 0 saturated carbocycles. The maximum Gasteiger partial charge on any atom is 0.416 e. The molecule has 146 valence electrons. The lowest BCUT2D eigenvalue weighted by atomic mass is 10.1. The summed E-state index contributed by atoms with van der Waals surface area (Å²) in [6.07, 6.45) is -4.55. The molecular weight excluding hydrogens is 447 g/mol. The van der Waals surface area contributed by atoms with Crippen molar-refractivity contribution in [2.24, 2.45) is 0 Å². The van der Waals surface area contributed by atoms with Crippen molar-refractivity contribution in [3.05, 3.63) is 69.7 Å². The molecule has 0 spiro atoms. The molecule has 0 unspecified atom stereocenters. The molecule has 1 amide bonds. The lowest BCUT2D eigenvalue weighted by Gasteiger charge is -2.20. The largest absolute Gasteiger partial charge is 0.416 e. The molecule has 2 aromatic carbocycles. The van der Waals surface area contributed by atoms with E-state index < -0.39 is 33.2 Å². The molecule has 0 N–H and O–H groups in total. The monoisotopic (exact) mass is 463 g/mol. The summed E-state index contributed by atoms with van der Waals surface area (Å²) >= 11 is 3.25. The van der Waals surface area contributed by atoms with Crippen molar-refractivity contribution in [2.45, 2.75) is 18.5 Å². The zero-order valence-electron chi connectivity index (χ0n) is 14.3. The highest BCUT2D eigenvalue weighted by Gasteiger charge is 2.33. The molecule has 2 aromatic rings. The number of hydrogen-bond donors (Lipinski definition) is 0. The molecular formula is C18H17BrF3NO3S. The Morgan fingerprint density at radius 1 is 1.07 bits per heavy atom. The van der Waals surface area contributed by atoms with Crippen LogP contribution in [0.2, 0.25) is 0 Å². The van der Waals surface area contributed by atoms with Gasteiger partial charge in [0.1, 0.15) is 5.75 Å². The van der Waals surface area contributed by atoms with Crippen LogP contribution in [0.4, 0.5) is 13.2 Å². The second kappa shape index (κ2) is 8.43. The molecule has 0 fully saturated rings. The molecule has 9 heteroatoms. The molecule has 0 aliphatic rings. The molecule has 0 saturated heterocycles. The van der Waals surface area contributed by atoms with Gasteiger partial charge in [-0.05, 0) is 29.3 Å². The number of benzene rings is 2. The van der Waals surface area contributed by atoms with Crippen LogP contribution in [-0.2, 0) is 33.1 Å². The first-order valence-corrected chi connectivity index (χ1v) is 10.4. The molecule has 0 radical (unpaired) electrons. The number of carbonyl (C=O) groups excluding carboxylic acids is 1. The highest BCUT2D eigenvalue weighted by molar-refractivity contribution is 9.10. The lowest BCUT2D eigenvalue weighted by Crippen LogP contribution is -2.33. The topological polar surface area (TPSA) is 54.5 Å². The maximum atomic E-state index is 13.0. The van der Waals surface area contributed by atoms with Crippen LogP contribution < -0.4 is 0 Å². The van der Waals surface area contributed by atoms with Crippen molar-refractivity contribution in [1.82, 2.24) is 4.90 Å². The second-order valence-electron chi connectivity index (χ2n) is 6.06. The van der Waals surface area contributed by atoms with Gasteiger partial charge in [0.2, 0.25) is 5.91 Å². The second-order valence-corrected chi connectivity index (χ2v) is 9.04. The summed E-state index contributed by atoms with van der Waals surface area (Å²) in [5, 5.41) is 0. The zero-order valence-corrected chi connectivity index (χ0v) is 16.7. The average molecular weight is 464 g/mol. The van der Waals surface area contributed by atoms with E-state index in [4.69, 9.17) is 0 Å². The van der Waals surface area contributed by atoms with Crippen LogP contribution in [0.5, 0.6) is 0 Å². The number of hydrogen-bond acceptors (Lipinski definition) is 3. The van der Waals surface area contributed by atoms with E-state index in [1.807, 2.05) is 0 Å². The van der Waals surface area contributed by atoms with Gasteiger partial charge in [0, 0.05) is 18.1 Å². The van der Waals surface area contributed by atoms with E-state index in [2.05, 4.69) is 15.9 Å². The maximum absolute atomic E-state index is 13.0. The van der Waals surface area contributed by atoms with Crippen molar-refractivity contribution >= 4 is 31.7 Å². The number of amides is 1. The Balaban J connectivity index is 2.06. The van der Waals surface area contributed by atoms with Crippen LogP contribution in [0.3, 0.4) is 0 Å². The molecule has 27 heavy (non-hydrogen) atoms. The van der Waals surface area contributed by atoms with Crippen LogP contribution in [0, 0.1) is 0 Å². The minimum atomic E-state index is -4.55. The van der Waals surface area contributed by atoms with E-state index in [0.29, 0.717) is 5.56 Å². The summed E-state index contributed by atoms with van der Waals surface area (Å²) in [4.78, 5) is 13.2. The number of rotatable bonds is 6. The first kappa shape index (κ1) is 21.4. The van der Waals surface area contributed by atoms with E-state index >= 15 is 0 Å². The fraction of sp³-hybridized carbons (Fsp3) is 0.278.